The van der Waals surface area contributed by atoms with Gasteiger partial charge in [-0.3, -0.25) is 4.79 Å². The minimum Gasteiger partial charge on any atom is -0.481 e. The van der Waals surface area contributed by atoms with Crippen LogP contribution in [-0.2, 0) is 16.0 Å². The first-order valence-corrected chi connectivity index (χ1v) is 10.8. The molecule has 1 aromatic heterocycles. The van der Waals surface area contributed by atoms with Gasteiger partial charge in [-0.15, -0.1) is 0 Å². The molecule has 3 aromatic rings. The van der Waals surface area contributed by atoms with Crippen molar-refractivity contribution in [3.8, 4) is 11.8 Å². The van der Waals surface area contributed by atoms with E-state index in [4.69, 9.17) is 9.47 Å². The summed E-state index contributed by atoms with van der Waals surface area (Å²) in [6.07, 6.45) is -1.66. The number of methoxy groups -OCH3 is 1. The normalized spacial score (nSPS) is 30.3. The summed E-state index contributed by atoms with van der Waals surface area (Å²) in [6, 6.07) is 19.2. The van der Waals surface area contributed by atoms with Gasteiger partial charge in [0.2, 0.25) is 11.8 Å². The van der Waals surface area contributed by atoms with E-state index in [1.165, 1.54) is 7.11 Å². The van der Waals surface area contributed by atoms with E-state index in [2.05, 4.69) is 20.9 Å². The molecule has 0 bridgehead atoms. The Morgan fingerprint density at radius 2 is 1.78 bits per heavy atom. The number of rotatable bonds is 4. The fraction of sp³-hybridized carbons (Fsp3) is 0.250. The molecule has 5 atom stereocenters. The molecule has 2 aliphatic rings. The van der Waals surface area contributed by atoms with E-state index < -0.39 is 35.1 Å². The molecule has 1 aliphatic carbocycles. The molecule has 2 aromatic carbocycles. The van der Waals surface area contributed by atoms with Crippen molar-refractivity contribution in [3.63, 3.8) is 0 Å². The monoisotopic (exact) mass is 497 g/mol. The zero-order chi connectivity index (χ0) is 22.7. The van der Waals surface area contributed by atoms with Gasteiger partial charge in [0.1, 0.15) is 6.10 Å². The van der Waals surface area contributed by atoms with Gasteiger partial charge in [0, 0.05) is 16.5 Å². The highest BCUT2D eigenvalue weighted by Crippen LogP contribution is 2.68. The molecule has 2 heterocycles. The number of hydrogen-bond donors (Lipinski definition) is 3. The zero-order valence-corrected chi connectivity index (χ0v) is 18.6. The summed E-state index contributed by atoms with van der Waals surface area (Å²) >= 11 is 3.42. The highest BCUT2D eigenvalue weighted by Gasteiger charge is 2.77. The summed E-state index contributed by atoms with van der Waals surface area (Å²) in [5, 5.41) is 33.8. The third-order valence-corrected chi connectivity index (χ3v) is 7.09. The van der Waals surface area contributed by atoms with Crippen molar-refractivity contribution in [1.29, 1.82) is 0 Å². The lowest BCUT2D eigenvalue weighted by molar-refractivity contribution is -0.159. The third kappa shape index (κ3) is 2.60. The topological polar surface area (TPSA) is 109 Å². The summed E-state index contributed by atoms with van der Waals surface area (Å²) in [6.45, 7) is 0. The number of carboxylic acid groups (broad SMARTS) is 1. The molecule has 1 saturated carbocycles. The van der Waals surface area contributed by atoms with E-state index in [1.54, 1.807) is 60.7 Å². The van der Waals surface area contributed by atoms with E-state index in [0.29, 0.717) is 11.1 Å². The Balaban J connectivity index is 1.86. The second-order valence-corrected chi connectivity index (χ2v) is 8.93. The maximum Gasteiger partial charge on any atom is 0.310 e. The fourth-order valence-electron chi connectivity index (χ4n) is 5.25. The Labute approximate surface area is 192 Å². The summed E-state index contributed by atoms with van der Waals surface area (Å²) in [4.78, 5) is 16.8. The van der Waals surface area contributed by atoms with Crippen molar-refractivity contribution in [3.05, 3.63) is 87.9 Å². The number of nitrogens with zero attached hydrogens (tertiary/aromatic N) is 1. The molecule has 7 nitrogen and oxygen atoms in total. The van der Waals surface area contributed by atoms with Crippen molar-refractivity contribution < 1.29 is 29.6 Å². The van der Waals surface area contributed by atoms with Gasteiger partial charge < -0.3 is 24.8 Å². The number of aliphatic carboxylic acids is 1. The molecule has 1 fully saturated rings. The number of pyridine rings is 1. The number of benzene rings is 2. The van der Waals surface area contributed by atoms with Crippen LogP contribution in [0, 0.1) is 5.92 Å². The largest absolute Gasteiger partial charge is 0.481 e. The molecular formula is C24H20BrNO6. The lowest BCUT2D eigenvalue weighted by atomic mass is 9.71. The molecule has 0 radical (unpaired) electrons. The molecule has 8 heteroatoms. The van der Waals surface area contributed by atoms with Crippen LogP contribution < -0.4 is 9.47 Å². The van der Waals surface area contributed by atoms with Gasteiger partial charge in [-0.25, -0.2) is 0 Å². The van der Waals surface area contributed by atoms with Gasteiger partial charge in [0.05, 0.1) is 18.6 Å². The molecule has 32 heavy (non-hydrogen) atoms. The van der Waals surface area contributed by atoms with Crippen molar-refractivity contribution in [1.82, 2.24) is 4.98 Å². The number of ether oxygens (including phenoxy) is 2. The number of fused-ring (bicyclic) bond motifs is 3. The predicted octanol–water partition coefficient (Wildman–Crippen LogP) is 3.19. The Kier molecular flexibility index (Phi) is 4.77. The minimum absolute atomic E-state index is 0.0959. The second kappa shape index (κ2) is 7.30. The van der Waals surface area contributed by atoms with Gasteiger partial charge in [-0.1, -0.05) is 58.4 Å². The third-order valence-electron chi connectivity index (χ3n) is 6.56. The Hall–Kier alpha value is -2.94. The number of carboxylic acids is 1. The Morgan fingerprint density at radius 3 is 2.41 bits per heavy atom. The van der Waals surface area contributed by atoms with Gasteiger partial charge in [-0.2, -0.15) is 4.98 Å². The number of carbonyl (C=O) groups is 1. The lowest BCUT2D eigenvalue weighted by Gasteiger charge is -2.40. The van der Waals surface area contributed by atoms with Crippen molar-refractivity contribution in [2.45, 2.75) is 23.2 Å². The molecule has 0 amide bonds. The lowest BCUT2D eigenvalue weighted by Crippen LogP contribution is -2.52. The number of aliphatic hydroxyl groups excluding tert-OH is 1. The van der Waals surface area contributed by atoms with Crippen LogP contribution in [0.15, 0.2) is 71.2 Å². The molecule has 0 unspecified atom stereocenters. The zero-order valence-electron chi connectivity index (χ0n) is 17.0. The molecule has 1 aliphatic heterocycles. The molecule has 0 saturated heterocycles. The van der Waals surface area contributed by atoms with Crippen molar-refractivity contribution >= 4 is 21.9 Å². The highest BCUT2D eigenvalue weighted by atomic mass is 79.9. The number of halogens is 1. The van der Waals surface area contributed by atoms with Crippen LogP contribution in [0.4, 0.5) is 0 Å². The fourth-order valence-corrected chi connectivity index (χ4v) is 5.51. The van der Waals surface area contributed by atoms with Gasteiger partial charge >= 0.3 is 5.97 Å². The van der Waals surface area contributed by atoms with Crippen molar-refractivity contribution in [2.75, 3.05) is 7.11 Å². The van der Waals surface area contributed by atoms with Crippen LogP contribution in [0.3, 0.4) is 0 Å². The average Bonchev–Trinajstić information content (AvgIpc) is 3.17. The number of aliphatic hydroxyl groups is 2. The SMILES string of the molecule is COc1ccc2c(n1)O[C@@]1(c3ccc(Br)cc3)[C@H](c3ccccc3)[C@@H](C(=O)O)[C@@H](O)[C@@]21O. The first-order chi connectivity index (χ1) is 15.3. The second-order valence-electron chi connectivity index (χ2n) is 8.01. The van der Waals surface area contributed by atoms with Gasteiger partial charge in [0.25, 0.3) is 0 Å². The molecule has 3 N–H and O–H groups in total. The Morgan fingerprint density at radius 1 is 1.09 bits per heavy atom. The maximum absolute atomic E-state index is 12.4. The average molecular weight is 498 g/mol. The number of hydrogen-bond acceptors (Lipinski definition) is 6. The minimum atomic E-state index is -2.07. The molecule has 0 spiro atoms. The van der Waals surface area contributed by atoms with E-state index in [0.717, 1.165) is 4.47 Å². The van der Waals surface area contributed by atoms with Crippen LogP contribution >= 0.6 is 15.9 Å². The van der Waals surface area contributed by atoms with E-state index >= 15 is 0 Å². The summed E-state index contributed by atoms with van der Waals surface area (Å²) < 4.78 is 12.4. The molecule has 5 rings (SSSR count). The van der Waals surface area contributed by atoms with Gasteiger partial charge in [-0.05, 0) is 29.3 Å². The number of aromatic nitrogens is 1. The van der Waals surface area contributed by atoms with E-state index in [9.17, 15) is 20.1 Å². The molecular weight excluding hydrogens is 478 g/mol. The quantitative estimate of drug-likeness (QED) is 0.507. The highest BCUT2D eigenvalue weighted by molar-refractivity contribution is 9.10. The maximum atomic E-state index is 12.4. The predicted molar refractivity (Wildman–Crippen MR) is 117 cm³/mol. The summed E-state index contributed by atoms with van der Waals surface area (Å²) in [7, 11) is 1.46. The van der Waals surface area contributed by atoms with Crippen LogP contribution in [0.1, 0.15) is 22.6 Å². The van der Waals surface area contributed by atoms with Crippen LogP contribution in [0.25, 0.3) is 0 Å². The first kappa shape index (κ1) is 20.9. The van der Waals surface area contributed by atoms with Crippen LogP contribution in [0.2, 0.25) is 0 Å². The first-order valence-electron chi connectivity index (χ1n) is 10.0. The van der Waals surface area contributed by atoms with E-state index in [-0.39, 0.29) is 17.3 Å². The van der Waals surface area contributed by atoms with Gasteiger partial charge in [0.15, 0.2) is 11.2 Å². The summed E-state index contributed by atoms with van der Waals surface area (Å²) in [5.41, 5.74) is -2.34. The van der Waals surface area contributed by atoms with Crippen molar-refractivity contribution in [2.24, 2.45) is 5.92 Å². The standard InChI is InChI=1S/C24H20BrNO6/c1-31-17-12-11-16-21(26-17)32-24(14-7-9-15(25)10-8-14)19(13-5-3-2-4-6-13)18(22(28)29)20(27)23(16,24)30/h2-12,18-20,27,30H,1H3,(H,28,29)/t18-,19-,20-,23+,24+/m1/s1. The van der Waals surface area contributed by atoms with E-state index in [1.807, 2.05) is 6.07 Å². The van der Waals surface area contributed by atoms with Crippen LogP contribution in [0.5, 0.6) is 11.8 Å². The van der Waals surface area contributed by atoms with Crippen LogP contribution in [-0.4, -0.2) is 39.5 Å². The summed E-state index contributed by atoms with van der Waals surface area (Å²) in [5.74, 6) is -3.10. The molecule has 164 valence electrons. The Bertz CT molecular complexity index is 1190. The smallest absolute Gasteiger partial charge is 0.310 e.